The zero-order valence-electron chi connectivity index (χ0n) is 16.1. The highest BCUT2D eigenvalue weighted by molar-refractivity contribution is 6.32. The molecule has 1 N–H and O–H groups in total. The Morgan fingerprint density at radius 1 is 1.17 bits per heavy atom. The smallest absolute Gasteiger partial charge is 0.338 e. The lowest BCUT2D eigenvalue weighted by atomic mass is 10.2. The Morgan fingerprint density at radius 2 is 1.90 bits per heavy atom. The molecule has 0 saturated carbocycles. The van der Waals surface area contributed by atoms with Gasteiger partial charge in [-0.15, -0.1) is 0 Å². The van der Waals surface area contributed by atoms with E-state index in [-0.39, 0.29) is 5.91 Å². The van der Waals surface area contributed by atoms with E-state index < -0.39 is 18.0 Å². The molecule has 2 aromatic carbocycles. The van der Waals surface area contributed by atoms with Crippen molar-refractivity contribution >= 4 is 40.8 Å². The molecule has 0 radical (unpaired) electrons. The molecule has 29 heavy (non-hydrogen) atoms. The fourth-order valence-electron chi connectivity index (χ4n) is 2.97. The molecule has 1 aliphatic rings. The maximum absolute atomic E-state index is 12.3. The van der Waals surface area contributed by atoms with Gasteiger partial charge < -0.3 is 19.7 Å². The number of ether oxygens (including phenoxy) is 2. The molecule has 0 aliphatic carbocycles. The first kappa shape index (κ1) is 20.7. The number of esters is 1. The Balaban J connectivity index is 1.58. The normalized spacial score (nSPS) is 14.4. The van der Waals surface area contributed by atoms with Crippen molar-refractivity contribution in [2.75, 3.05) is 23.9 Å². The quantitative estimate of drug-likeness (QED) is 0.726. The molecule has 0 unspecified atom stereocenters. The molecule has 2 amide bonds. The van der Waals surface area contributed by atoms with Gasteiger partial charge in [-0.2, -0.15) is 0 Å². The average Bonchev–Trinajstić information content (AvgIpc) is 3.14. The minimum absolute atomic E-state index is 0.0734. The summed E-state index contributed by atoms with van der Waals surface area (Å²) in [5.74, 6) is -0.550. The van der Waals surface area contributed by atoms with Crippen molar-refractivity contribution in [3.05, 3.63) is 53.1 Å². The van der Waals surface area contributed by atoms with Crippen LogP contribution in [0.15, 0.2) is 42.5 Å². The third-order valence-corrected chi connectivity index (χ3v) is 4.86. The van der Waals surface area contributed by atoms with E-state index in [1.165, 1.54) is 14.0 Å². The van der Waals surface area contributed by atoms with Crippen molar-refractivity contribution in [3.63, 3.8) is 0 Å². The second kappa shape index (κ2) is 8.96. The summed E-state index contributed by atoms with van der Waals surface area (Å²) in [7, 11) is 1.50. The summed E-state index contributed by atoms with van der Waals surface area (Å²) in [6.45, 7) is 2.16. The van der Waals surface area contributed by atoms with Gasteiger partial charge in [-0.3, -0.25) is 9.59 Å². The minimum atomic E-state index is -1.01. The number of rotatable bonds is 6. The van der Waals surface area contributed by atoms with E-state index in [0.717, 1.165) is 12.1 Å². The highest BCUT2D eigenvalue weighted by atomic mass is 35.5. The molecule has 0 bridgehead atoms. The van der Waals surface area contributed by atoms with Crippen molar-refractivity contribution in [1.82, 2.24) is 0 Å². The van der Waals surface area contributed by atoms with E-state index in [1.54, 1.807) is 47.4 Å². The summed E-state index contributed by atoms with van der Waals surface area (Å²) in [4.78, 5) is 38.1. The molecule has 0 aromatic heterocycles. The van der Waals surface area contributed by atoms with E-state index in [2.05, 4.69) is 5.32 Å². The van der Waals surface area contributed by atoms with Gasteiger partial charge in [-0.25, -0.2) is 4.79 Å². The van der Waals surface area contributed by atoms with Gasteiger partial charge in [0.2, 0.25) is 5.91 Å². The molecule has 1 fully saturated rings. The highest BCUT2D eigenvalue weighted by Gasteiger charge is 2.23. The van der Waals surface area contributed by atoms with Gasteiger partial charge in [0, 0.05) is 24.3 Å². The molecule has 2 aromatic rings. The third-order valence-electron chi connectivity index (χ3n) is 4.56. The number of nitrogens with zero attached hydrogens (tertiary/aromatic N) is 1. The fourth-order valence-corrected chi connectivity index (χ4v) is 3.23. The summed E-state index contributed by atoms with van der Waals surface area (Å²) in [5.41, 5.74) is 1.50. The first-order valence-corrected chi connectivity index (χ1v) is 9.52. The molecular formula is C21H21ClN2O5. The Bertz CT molecular complexity index is 929. The van der Waals surface area contributed by atoms with Crippen molar-refractivity contribution < 1.29 is 23.9 Å². The number of hydrogen-bond acceptors (Lipinski definition) is 5. The molecule has 1 aliphatic heterocycles. The maximum Gasteiger partial charge on any atom is 0.338 e. The first-order chi connectivity index (χ1) is 13.9. The predicted octanol–water partition coefficient (Wildman–Crippen LogP) is 3.66. The van der Waals surface area contributed by atoms with Gasteiger partial charge in [0.25, 0.3) is 5.91 Å². The Kier molecular flexibility index (Phi) is 6.39. The summed E-state index contributed by atoms with van der Waals surface area (Å²) >= 11 is 6.04. The molecular weight excluding hydrogens is 396 g/mol. The van der Waals surface area contributed by atoms with Crippen LogP contribution in [0.4, 0.5) is 11.4 Å². The lowest BCUT2D eigenvalue weighted by Crippen LogP contribution is -2.30. The third kappa shape index (κ3) is 4.86. The van der Waals surface area contributed by atoms with Gasteiger partial charge in [-0.1, -0.05) is 11.6 Å². The lowest BCUT2D eigenvalue weighted by molar-refractivity contribution is -0.123. The van der Waals surface area contributed by atoms with Crippen molar-refractivity contribution in [3.8, 4) is 5.75 Å². The van der Waals surface area contributed by atoms with Gasteiger partial charge in [0.05, 0.1) is 17.7 Å². The topological polar surface area (TPSA) is 84.9 Å². The van der Waals surface area contributed by atoms with Crippen LogP contribution in [0.2, 0.25) is 5.02 Å². The first-order valence-electron chi connectivity index (χ1n) is 9.15. The number of benzene rings is 2. The van der Waals surface area contributed by atoms with Gasteiger partial charge in [0.15, 0.2) is 6.10 Å². The van der Waals surface area contributed by atoms with Crippen LogP contribution in [0.5, 0.6) is 5.75 Å². The van der Waals surface area contributed by atoms with E-state index in [9.17, 15) is 14.4 Å². The number of methoxy groups -OCH3 is 1. The van der Waals surface area contributed by atoms with Crippen LogP contribution in [0.25, 0.3) is 0 Å². The van der Waals surface area contributed by atoms with E-state index in [1.807, 2.05) is 0 Å². The highest BCUT2D eigenvalue weighted by Crippen LogP contribution is 2.27. The average molecular weight is 417 g/mol. The molecule has 1 heterocycles. The van der Waals surface area contributed by atoms with Crippen LogP contribution in [0, 0.1) is 0 Å². The van der Waals surface area contributed by atoms with Crippen LogP contribution in [0.3, 0.4) is 0 Å². The standard InChI is InChI=1S/C21H21ClN2O5/c1-13(20(26)23-15-7-10-18(28-2)17(22)12-15)29-21(27)14-5-8-16(9-6-14)24-11-3-4-19(24)25/h5-10,12-13H,3-4,11H2,1-2H3,(H,23,26)/t13-/m1/s1. The summed E-state index contributed by atoms with van der Waals surface area (Å²) in [6.07, 6.45) is 0.355. The van der Waals surface area contributed by atoms with Crippen LogP contribution < -0.4 is 15.0 Å². The number of hydrogen-bond donors (Lipinski definition) is 1. The number of anilines is 2. The second-order valence-electron chi connectivity index (χ2n) is 6.58. The molecule has 7 nitrogen and oxygen atoms in total. The van der Waals surface area contributed by atoms with Crippen LogP contribution in [-0.4, -0.2) is 37.5 Å². The van der Waals surface area contributed by atoms with E-state index in [4.69, 9.17) is 21.1 Å². The number of halogens is 1. The van der Waals surface area contributed by atoms with Crippen LogP contribution >= 0.6 is 11.6 Å². The fraction of sp³-hybridized carbons (Fsp3) is 0.286. The van der Waals surface area contributed by atoms with Gasteiger partial charge in [0.1, 0.15) is 5.75 Å². The Labute approximate surface area is 173 Å². The molecule has 1 saturated heterocycles. The monoisotopic (exact) mass is 416 g/mol. The summed E-state index contributed by atoms with van der Waals surface area (Å²) in [5, 5.41) is 2.99. The lowest BCUT2D eigenvalue weighted by Gasteiger charge is -2.16. The van der Waals surface area contributed by atoms with E-state index >= 15 is 0 Å². The largest absolute Gasteiger partial charge is 0.495 e. The van der Waals surface area contributed by atoms with Gasteiger partial charge >= 0.3 is 5.97 Å². The number of carbonyl (C=O) groups excluding carboxylic acids is 3. The molecule has 3 rings (SSSR count). The van der Waals surface area contributed by atoms with E-state index in [0.29, 0.717) is 35.0 Å². The molecule has 8 heteroatoms. The second-order valence-corrected chi connectivity index (χ2v) is 6.99. The van der Waals surface area contributed by atoms with Crippen molar-refractivity contribution in [1.29, 1.82) is 0 Å². The summed E-state index contributed by atoms with van der Waals surface area (Å²) in [6, 6.07) is 11.4. The molecule has 0 spiro atoms. The summed E-state index contributed by atoms with van der Waals surface area (Å²) < 4.78 is 10.3. The zero-order valence-corrected chi connectivity index (χ0v) is 16.9. The zero-order chi connectivity index (χ0) is 21.0. The Hall–Kier alpha value is -3.06. The molecule has 152 valence electrons. The number of carbonyl (C=O) groups is 3. The van der Waals surface area contributed by atoms with Crippen LogP contribution in [-0.2, 0) is 14.3 Å². The SMILES string of the molecule is COc1ccc(NC(=O)[C@@H](C)OC(=O)c2ccc(N3CCCC3=O)cc2)cc1Cl. The maximum atomic E-state index is 12.3. The Morgan fingerprint density at radius 3 is 2.48 bits per heavy atom. The van der Waals surface area contributed by atoms with Crippen molar-refractivity contribution in [2.45, 2.75) is 25.9 Å². The number of nitrogens with one attached hydrogen (secondary N) is 1. The van der Waals surface area contributed by atoms with Crippen molar-refractivity contribution in [2.24, 2.45) is 0 Å². The van der Waals surface area contributed by atoms with Crippen LogP contribution in [0.1, 0.15) is 30.1 Å². The van der Waals surface area contributed by atoms with Gasteiger partial charge in [-0.05, 0) is 55.8 Å². The minimum Gasteiger partial charge on any atom is -0.495 e. The number of amides is 2. The predicted molar refractivity (Wildman–Crippen MR) is 110 cm³/mol. The molecule has 1 atom stereocenters.